The van der Waals surface area contributed by atoms with E-state index in [9.17, 15) is 17.6 Å². The summed E-state index contributed by atoms with van der Waals surface area (Å²) < 4.78 is 40.4. The van der Waals surface area contributed by atoms with Crippen molar-refractivity contribution in [2.75, 3.05) is 13.1 Å². The monoisotopic (exact) mass is 368 g/mol. The molecule has 0 saturated carbocycles. The Hall–Kier alpha value is -1.77. The zero-order valence-electron chi connectivity index (χ0n) is 12.9. The van der Waals surface area contributed by atoms with Crippen molar-refractivity contribution in [2.45, 2.75) is 24.3 Å². The van der Waals surface area contributed by atoms with Crippen molar-refractivity contribution >= 4 is 27.3 Å². The van der Waals surface area contributed by atoms with Gasteiger partial charge in [-0.2, -0.15) is 4.31 Å². The number of carbonyl (C=O) groups is 1. The first kappa shape index (κ1) is 17.1. The van der Waals surface area contributed by atoms with E-state index in [0.29, 0.717) is 19.6 Å². The molecule has 1 amide bonds. The highest BCUT2D eigenvalue weighted by Gasteiger charge is 2.30. The van der Waals surface area contributed by atoms with Gasteiger partial charge in [-0.25, -0.2) is 12.8 Å². The molecule has 0 spiro atoms. The number of benzene rings is 1. The van der Waals surface area contributed by atoms with Crippen LogP contribution in [0.15, 0.2) is 40.6 Å². The number of thiophene rings is 1. The molecule has 1 aromatic heterocycles. The van der Waals surface area contributed by atoms with E-state index in [4.69, 9.17) is 0 Å². The van der Waals surface area contributed by atoms with Crippen LogP contribution in [0.4, 0.5) is 4.39 Å². The van der Waals surface area contributed by atoms with Crippen molar-refractivity contribution in [3.63, 3.8) is 0 Å². The van der Waals surface area contributed by atoms with Gasteiger partial charge in [-0.15, -0.1) is 11.3 Å². The average Bonchev–Trinajstić information content (AvgIpc) is 3.26. The van der Waals surface area contributed by atoms with Crippen molar-refractivity contribution in [3.05, 3.63) is 52.0 Å². The fourth-order valence-electron chi connectivity index (χ4n) is 2.59. The van der Waals surface area contributed by atoms with E-state index in [1.807, 2.05) is 17.5 Å². The highest BCUT2D eigenvalue weighted by molar-refractivity contribution is 7.89. The van der Waals surface area contributed by atoms with Gasteiger partial charge in [0.05, 0.1) is 6.54 Å². The number of nitrogens with one attached hydrogen (secondary N) is 1. The summed E-state index contributed by atoms with van der Waals surface area (Å²) in [4.78, 5) is 12.8. The van der Waals surface area contributed by atoms with Crippen LogP contribution in [-0.4, -0.2) is 31.7 Å². The molecule has 0 radical (unpaired) electrons. The van der Waals surface area contributed by atoms with Crippen molar-refractivity contribution < 1.29 is 17.6 Å². The van der Waals surface area contributed by atoms with Gasteiger partial charge < -0.3 is 5.32 Å². The lowest BCUT2D eigenvalue weighted by molar-refractivity contribution is 0.0951. The maximum atomic E-state index is 14.1. The molecular weight excluding hydrogens is 351 g/mol. The fourth-order valence-corrected chi connectivity index (χ4v) is 4.84. The second-order valence-corrected chi connectivity index (χ2v) is 8.46. The lowest BCUT2D eigenvalue weighted by Gasteiger charge is -2.16. The maximum Gasteiger partial charge on any atom is 0.251 e. The zero-order chi connectivity index (χ0) is 17.2. The van der Waals surface area contributed by atoms with E-state index in [0.717, 1.165) is 29.9 Å². The topological polar surface area (TPSA) is 66.5 Å². The Morgan fingerprint density at radius 3 is 2.67 bits per heavy atom. The SMILES string of the molecule is O=C(NCc1cccs1)c1ccc(F)c(S(=O)(=O)N2CCCC2)c1. The second-order valence-electron chi connectivity index (χ2n) is 5.52. The third-order valence-electron chi connectivity index (χ3n) is 3.88. The van der Waals surface area contributed by atoms with Crippen LogP contribution in [0, 0.1) is 5.82 Å². The molecule has 1 saturated heterocycles. The molecule has 1 aliphatic heterocycles. The van der Waals surface area contributed by atoms with E-state index in [1.165, 1.54) is 21.7 Å². The summed E-state index contributed by atoms with van der Waals surface area (Å²) in [5, 5.41) is 4.61. The second kappa shape index (κ2) is 7.00. The van der Waals surface area contributed by atoms with Crippen molar-refractivity contribution in [1.29, 1.82) is 0 Å². The van der Waals surface area contributed by atoms with Crippen LogP contribution in [0.1, 0.15) is 28.1 Å². The number of amides is 1. The Kier molecular flexibility index (Phi) is 4.98. The Labute approximate surface area is 144 Å². The first-order valence-corrected chi connectivity index (χ1v) is 9.91. The predicted molar refractivity (Wildman–Crippen MR) is 89.9 cm³/mol. The number of rotatable bonds is 5. The Morgan fingerprint density at radius 1 is 1.25 bits per heavy atom. The minimum atomic E-state index is -3.90. The van der Waals surface area contributed by atoms with Gasteiger partial charge in [0.2, 0.25) is 10.0 Å². The molecule has 5 nitrogen and oxygen atoms in total. The molecule has 1 aromatic carbocycles. The van der Waals surface area contributed by atoms with E-state index in [2.05, 4.69) is 5.32 Å². The first-order valence-electron chi connectivity index (χ1n) is 7.59. The molecule has 2 aromatic rings. The highest BCUT2D eigenvalue weighted by Crippen LogP contribution is 2.24. The molecule has 0 atom stereocenters. The third kappa shape index (κ3) is 3.50. The summed E-state index contributed by atoms with van der Waals surface area (Å²) in [6.07, 6.45) is 1.53. The average molecular weight is 368 g/mol. The third-order valence-corrected chi connectivity index (χ3v) is 6.67. The summed E-state index contributed by atoms with van der Waals surface area (Å²) in [7, 11) is -3.90. The normalized spacial score (nSPS) is 15.5. The quantitative estimate of drug-likeness (QED) is 0.882. The molecule has 0 aliphatic carbocycles. The van der Waals surface area contributed by atoms with Crippen LogP contribution in [0.3, 0.4) is 0 Å². The van der Waals surface area contributed by atoms with Crippen molar-refractivity contribution in [1.82, 2.24) is 9.62 Å². The molecule has 0 unspecified atom stereocenters. The van der Waals surface area contributed by atoms with E-state index in [-0.39, 0.29) is 5.56 Å². The number of hydrogen-bond donors (Lipinski definition) is 1. The van der Waals surface area contributed by atoms with Gasteiger partial charge in [0.15, 0.2) is 0 Å². The van der Waals surface area contributed by atoms with Crippen molar-refractivity contribution in [3.8, 4) is 0 Å². The highest BCUT2D eigenvalue weighted by atomic mass is 32.2. The van der Waals surface area contributed by atoms with E-state index >= 15 is 0 Å². The van der Waals surface area contributed by atoms with Crippen molar-refractivity contribution in [2.24, 2.45) is 0 Å². The van der Waals surface area contributed by atoms with Gasteiger partial charge in [0, 0.05) is 23.5 Å². The summed E-state index contributed by atoms with van der Waals surface area (Å²) in [6, 6.07) is 7.21. The summed E-state index contributed by atoms with van der Waals surface area (Å²) >= 11 is 1.51. The summed E-state index contributed by atoms with van der Waals surface area (Å²) in [5.41, 5.74) is 0.130. The van der Waals surface area contributed by atoms with Gasteiger partial charge in [0.25, 0.3) is 5.91 Å². The smallest absolute Gasteiger partial charge is 0.251 e. The minimum absolute atomic E-state index is 0.130. The van der Waals surface area contributed by atoms with Gasteiger partial charge in [0.1, 0.15) is 10.7 Å². The number of nitrogens with zero attached hydrogens (tertiary/aromatic N) is 1. The molecule has 0 bridgehead atoms. The van der Waals surface area contributed by atoms with Gasteiger partial charge >= 0.3 is 0 Å². The minimum Gasteiger partial charge on any atom is -0.347 e. The van der Waals surface area contributed by atoms with E-state index < -0.39 is 26.6 Å². The zero-order valence-corrected chi connectivity index (χ0v) is 14.5. The number of hydrogen-bond acceptors (Lipinski definition) is 4. The standard InChI is InChI=1S/C16H17FN2O3S2/c17-14-6-5-12(16(20)18-11-13-4-3-9-23-13)10-15(14)24(21,22)19-7-1-2-8-19/h3-6,9-10H,1-2,7-8,11H2,(H,18,20). The molecular formula is C16H17FN2O3S2. The molecule has 1 fully saturated rings. The molecule has 128 valence electrons. The van der Waals surface area contributed by atoms with Crippen LogP contribution in [0.2, 0.25) is 0 Å². The van der Waals surface area contributed by atoms with Gasteiger partial charge in [-0.1, -0.05) is 6.07 Å². The molecule has 8 heteroatoms. The summed E-state index contributed by atoms with van der Waals surface area (Å²) in [6.45, 7) is 1.12. The van der Waals surface area contributed by atoms with Crippen LogP contribution < -0.4 is 5.32 Å². The first-order chi connectivity index (χ1) is 11.5. The van der Waals surface area contributed by atoms with Crippen LogP contribution in [-0.2, 0) is 16.6 Å². The van der Waals surface area contributed by atoms with Gasteiger partial charge in [-0.3, -0.25) is 4.79 Å². The van der Waals surface area contributed by atoms with Gasteiger partial charge in [-0.05, 0) is 42.5 Å². The molecule has 2 heterocycles. The molecule has 1 aliphatic rings. The number of halogens is 1. The summed E-state index contributed by atoms with van der Waals surface area (Å²) in [5.74, 6) is -1.27. The van der Waals surface area contributed by atoms with Crippen LogP contribution in [0.5, 0.6) is 0 Å². The fraction of sp³-hybridized carbons (Fsp3) is 0.312. The van der Waals surface area contributed by atoms with Crippen LogP contribution in [0.25, 0.3) is 0 Å². The molecule has 3 rings (SSSR count). The Bertz CT molecular complexity index is 829. The number of sulfonamides is 1. The largest absolute Gasteiger partial charge is 0.347 e. The van der Waals surface area contributed by atoms with Crippen LogP contribution >= 0.6 is 11.3 Å². The van der Waals surface area contributed by atoms with E-state index in [1.54, 1.807) is 0 Å². The lowest BCUT2D eigenvalue weighted by Crippen LogP contribution is -2.29. The molecule has 24 heavy (non-hydrogen) atoms. The molecule has 1 N–H and O–H groups in total. The lowest BCUT2D eigenvalue weighted by atomic mass is 10.2. The Balaban J connectivity index is 1.81. The Morgan fingerprint density at radius 2 is 2.00 bits per heavy atom. The number of carbonyl (C=O) groups excluding carboxylic acids is 1. The predicted octanol–water partition coefficient (Wildman–Crippen LogP) is 2.60. The maximum absolute atomic E-state index is 14.1.